The second-order valence-corrected chi connectivity index (χ2v) is 4.88. The summed E-state index contributed by atoms with van der Waals surface area (Å²) in [6, 6.07) is 11.8. The third-order valence-corrected chi connectivity index (χ3v) is 3.21. The van der Waals surface area contributed by atoms with Crippen molar-refractivity contribution < 1.29 is 9.53 Å². The Kier molecular flexibility index (Phi) is 3.52. The normalized spacial score (nSPS) is 22.6. The van der Waals surface area contributed by atoms with Gasteiger partial charge >= 0.3 is 6.09 Å². The topological polar surface area (TPSA) is 53.3 Å². The molecule has 0 N–H and O–H groups in total. The molecule has 1 aliphatic rings. The summed E-state index contributed by atoms with van der Waals surface area (Å²) in [7, 11) is 0. The summed E-state index contributed by atoms with van der Waals surface area (Å²) in [5.74, 6) is 0. The predicted molar refractivity (Wildman–Crippen MR) is 66.5 cm³/mol. The highest BCUT2D eigenvalue weighted by molar-refractivity contribution is 5.68. The molecule has 0 spiro atoms. The van der Waals surface area contributed by atoms with E-state index in [1.165, 1.54) is 0 Å². The molecule has 2 rings (SSSR count). The zero-order valence-corrected chi connectivity index (χ0v) is 10.4. The highest BCUT2D eigenvalue weighted by atomic mass is 16.6. The van der Waals surface area contributed by atoms with Crippen LogP contribution in [-0.2, 0) is 11.3 Å². The van der Waals surface area contributed by atoms with Crippen LogP contribution in [0.4, 0.5) is 4.79 Å². The first-order chi connectivity index (χ1) is 8.63. The van der Waals surface area contributed by atoms with E-state index in [0.29, 0.717) is 19.5 Å². The van der Waals surface area contributed by atoms with Gasteiger partial charge in [-0.05, 0) is 18.9 Å². The van der Waals surface area contributed by atoms with Crippen LogP contribution in [0.1, 0.15) is 18.9 Å². The average molecular weight is 244 g/mol. The largest absolute Gasteiger partial charge is 0.445 e. The fourth-order valence-corrected chi connectivity index (χ4v) is 2.02. The lowest BCUT2D eigenvalue weighted by Crippen LogP contribution is -2.31. The minimum Gasteiger partial charge on any atom is -0.445 e. The van der Waals surface area contributed by atoms with Gasteiger partial charge in [-0.1, -0.05) is 30.3 Å². The molecule has 1 amide bonds. The van der Waals surface area contributed by atoms with E-state index in [9.17, 15) is 4.79 Å². The Morgan fingerprint density at radius 2 is 2.22 bits per heavy atom. The first kappa shape index (κ1) is 12.4. The van der Waals surface area contributed by atoms with Crippen molar-refractivity contribution in [3.8, 4) is 6.07 Å². The second-order valence-electron chi connectivity index (χ2n) is 4.88. The summed E-state index contributed by atoms with van der Waals surface area (Å²) in [5, 5.41) is 9.00. The maximum Gasteiger partial charge on any atom is 0.410 e. The van der Waals surface area contributed by atoms with E-state index in [2.05, 4.69) is 6.07 Å². The van der Waals surface area contributed by atoms with E-state index in [0.717, 1.165) is 5.56 Å². The number of ether oxygens (including phenoxy) is 1. The van der Waals surface area contributed by atoms with Crippen LogP contribution in [0.3, 0.4) is 0 Å². The molecule has 18 heavy (non-hydrogen) atoms. The van der Waals surface area contributed by atoms with Crippen LogP contribution < -0.4 is 0 Å². The fraction of sp³-hybridized carbons (Fsp3) is 0.429. The number of rotatable bonds is 2. The third kappa shape index (κ3) is 2.80. The molecule has 4 nitrogen and oxygen atoms in total. The first-order valence-electron chi connectivity index (χ1n) is 6.00. The molecule has 1 saturated heterocycles. The molecule has 0 unspecified atom stereocenters. The zero-order valence-electron chi connectivity index (χ0n) is 10.4. The Bertz CT molecular complexity index is 466. The van der Waals surface area contributed by atoms with Gasteiger partial charge < -0.3 is 9.64 Å². The minimum atomic E-state index is -0.425. The van der Waals surface area contributed by atoms with Gasteiger partial charge in [-0.25, -0.2) is 4.79 Å². The van der Waals surface area contributed by atoms with Crippen molar-refractivity contribution in [3.63, 3.8) is 0 Å². The zero-order chi connectivity index (χ0) is 13.0. The summed E-state index contributed by atoms with van der Waals surface area (Å²) >= 11 is 0. The number of hydrogen-bond donors (Lipinski definition) is 0. The van der Waals surface area contributed by atoms with Gasteiger partial charge in [-0.3, -0.25) is 0 Å². The van der Waals surface area contributed by atoms with Gasteiger partial charge in [0.25, 0.3) is 0 Å². The quantitative estimate of drug-likeness (QED) is 0.803. The summed E-state index contributed by atoms with van der Waals surface area (Å²) in [6.07, 6.45) is 0.377. The van der Waals surface area contributed by atoms with E-state index in [-0.39, 0.29) is 12.7 Å². The summed E-state index contributed by atoms with van der Waals surface area (Å²) < 4.78 is 5.23. The van der Waals surface area contributed by atoms with Crippen LogP contribution in [0.2, 0.25) is 0 Å². The number of nitrogens with zero attached hydrogens (tertiary/aromatic N) is 2. The Morgan fingerprint density at radius 3 is 2.83 bits per heavy atom. The lowest BCUT2D eigenvalue weighted by atomic mass is 9.92. The summed E-state index contributed by atoms with van der Waals surface area (Å²) in [5.41, 5.74) is 0.541. The lowest BCUT2D eigenvalue weighted by molar-refractivity contribution is 0.102. The molecule has 0 saturated carbocycles. The highest BCUT2D eigenvalue weighted by Crippen LogP contribution is 2.29. The molecule has 0 bridgehead atoms. The van der Waals surface area contributed by atoms with Crippen molar-refractivity contribution >= 4 is 6.09 Å². The molecule has 4 heteroatoms. The van der Waals surface area contributed by atoms with Crippen LogP contribution in [0.25, 0.3) is 0 Å². The molecule has 0 radical (unpaired) electrons. The van der Waals surface area contributed by atoms with Gasteiger partial charge in [0, 0.05) is 13.1 Å². The van der Waals surface area contributed by atoms with Crippen molar-refractivity contribution in [2.24, 2.45) is 5.41 Å². The van der Waals surface area contributed by atoms with E-state index in [4.69, 9.17) is 10.00 Å². The maximum absolute atomic E-state index is 11.8. The third-order valence-electron chi connectivity index (χ3n) is 3.21. The summed E-state index contributed by atoms with van der Waals surface area (Å²) in [6.45, 7) is 3.20. The van der Waals surface area contributed by atoms with Gasteiger partial charge in [0.2, 0.25) is 0 Å². The van der Waals surface area contributed by atoms with Crippen molar-refractivity contribution in [3.05, 3.63) is 35.9 Å². The Hall–Kier alpha value is -2.02. The molecule has 1 aromatic carbocycles. The minimum absolute atomic E-state index is 0.277. The smallest absolute Gasteiger partial charge is 0.410 e. The maximum atomic E-state index is 11.8. The van der Waals surface area contributed by atoms with Crippen LogP contribution >= 0.6 is 0 Å². The molecule has 1 heterocycles. The molecular formula is C14H16N2O2. The van der Waals surface area contributed by atoms with Crippen molar-refractivity contribution in [1.29, 1.82) is 5.26 Å². The number of likely N-dealkylation sites (tertiary alicyclic amines) is 1. The lowest BCUT2D eigenvalue weighted by Gasteiger charge is -2.17. The monoisotopic (exact) mass is 244 g/mol. The van der Waals surface area contributed by atoms with E-state index in [1.807, 2.05) is 37.3 Å². The van der Waals surface area contributed by atoms with Gasteiger partial charge in [0.05, 0.1) is 11.5 Å². The number of hydrogen-bond acceptors (Lipinski definition) is 3. The SMILES string of the molecule is C[C@]1(C#N)CCN(C(=O)OCc2ccccc2)C1. The molecule has 94 valence electrons. The highest BCUT2D eigenvalue weighted by Gasteiger charge is 2.36. The Labute approximate surface area is 107 Å². The van der Waals surface area contributed by atoms with Gasteiger partial charge in [-0.2, -0.15) is 5.26 Å². The van der Waals surface area contributed by atoms with Crippen LogP contribution in [0.15, 0.2) is 30.3 Å². The van der Waals surface area contributed by atoms with Crippen LogP contribution in [0.5, 0.6) is 0 Å². The van der Waals surface area contributed by atoms with E-state index in [1.54, 1.807) is 4.90 Å². The molecule has 1 aliphatic heterocycles. The molecular weight excluding hydrogens is 228 g/mol. The standard InChI is InChI=1S/C14H16N2O2/c1-14(10-15)7-8-16(11-14)13(17)18-9-12-5-3-2-4-6-12/h2-6H,7-9,11H2,1H3/t14-/m1/s1. The van der Waals surface area contributed by atoms with Crippen molar-refractivity contribution in [2.45, 2.75) is 20.0 Å². The number of carbonyl (C=O) groups is 1. The van der Waals surface area contributed by atoms with Crippen LogP contribution in [0, 0.1) is 16.7 Å². The molecule has 0 aliphatic carbocycles. The Morgan fingerprint density at radius 1 is 1.50 bits per heavy atom. The van der Waals surface area contributed by atoms with Gasteiger partial charge in [-0.15, -0.1) is 0 Å². The molecule has 1 aromatic rings. The fourth-order valence-electron chi connectivity index (χ4n) is 2.02. The van der Waals surface area contributed by atoms with Gasteiger partial charge in [0.15, 0.2) is 0 Å². The van der Waals surface area contributed by atoms with E-state index < -0.39 is 5.41 Å². The molecule has 1 atom stereocenters. The number of carbonyl (C=O) groups excluding carboxylic acids is 1. The molecule has 0 aromatic heterocycles. The van der Waals surface area contributed by atoms with E-state index >= 15 is 0 Å². The van der Waals surface area contributed by atoms with Gasteiger partial charge in [0.1, 0.15) is 6.61 Å². The average Bonchev–Trinajstić information content (AvgIpc) is 2.81. The second kappa shape index (κ2) is 5.09. The first-order valence-corrected chi connectivity index (χ1v) is 6.00. The predicted octanol–water partition coefficient (Wildman–Crippen LogP) is 2.56. The summed E-state index contributed by atoms with van der Waals surface area (Å²) in [4.78, 5) is 13.4. The van der Waals surface area contributed by atoms with Crippen molar-refractivity contribution in [1.82, 2.24) is 4.90 Å². The van der Waals surface area contributed by atoms with Crippen LogP contribution in [-0.4, -0.2) is 24.1 Å². The Balaban J connectivity index is 1.85. The number of amides is 1. The number of benzene rings is 1. The molecule has 1 fully saturated rings. The van der Waals surface area contributed by atoms with Crippen molar-refractivity contribution in [2.75, 3.05) is 13.1 Å². The number of nitriles is 1.